The van der Waals surface area contributed by atoms with Crippen LogP contribution in [0.3, 0.4) is 0 Å². The van der Waals surface area contributed by atoms with Gasteiger partial charge in [-0.15, -0.1) is 11.8 Å². The van der Waals surface area contributed by atoms with Crippen LogP contribution in [0.2, 0.25) is 0 Å². The lowest BCUT2D eigenvalue weighted by atomic mass is 10.1. The van der Waals surface area contributed by atoms with Crippen molar-refractivity contribution >= 4 is 23.5 Å². The molecule has 0 bridgehead atoms. The van der Waals surface area contributed by atoms with E-state index in [2.05, 4.69) is 0 Å². The molecule has 0 amide bonds. The zero-order valence-electron chi connectivity index (χ0n) is 17.6. The molecule has 0 fully saturated rings. The van der Waals surface area contributed by atoms with Crippen LogP contribution in [0.25, 0.3) is 0 Å². The van der Waals surface area contributed by atoms with Gasteiger partial charge in [0.15, 0.2) is 11.4 Å². The lowest BCUT2D eigenvalue weighted by Gasteiger charge is -2.21. The fourth-order valence-corrected chi connectivity index (χ4v) is 4.40. The Balaban J connectivity index is 1.51. The number of halogens is 3. The number of allylic oxidation sites excluding steroid dienone is 2. The molecule has 0 saturated carbocycles. The van der Waals surface area contributed by atoms with Gasteiger partial charge in [-0.05, 0) is 62.1 Å². The Labute approximate surface area is 188 Å². The largest absolute Gasteiger partial charge is 0.478 e. The van der Waals surface area contributed by atoms with E-state index in [0.717, 1.165) is 23.3 Å². The summed E-state index contributed by atoms with van der Waals surface area (Å²) in [6.07, 6.45) is -1.09. The number of rotatable bonds is 8. The SMILES string of the molecule is CC(C)(Oc1ccc(CCC(=O)C2=CCC(c3ccc(C(F)(F)F)cc3)S2)cc1)C(=O)O. The maximum atomic E-state index is 12.7. The Kier molecular flexibility index (Phi) is 7.03. The number of carbonyl (C=O) groups is 2. The molecular weight excluding hydrogens is 441 g/mol. The molecule has 1 aliphatic rings. The van der Waals surface area contributed by atoms with Gasteiger partial charge in [-0.1, -0.05) is 30.3 Å². The van der Waals surface area contributed by atoms with E-state index in [1.165, 1.54) is 37.7 Å². The quantitative estimate of drug-likeness (QED) is 0.503. The van der Waals surface area contributed by atoms with Crippen molar-refractivity contribution in [1.29, 1.82) is 0 Å². The molecular formula is C24H23F3O4S. The van der Waals surface area contributed by atoms with Crippen LogP contribution in [0, 0.1) is 0 Å². The average Bonchev–Trinajstić information content (AvgIpc) is 3.22. The molecule has 1 heterocycles. The Morgan fingerprint density at radius 1 is 1.06 bits per heavy atom. The molecule has 2 aromatic rings. The van der Waals surface area contributed by atoms with Crippen molar-refractivity contribution in [2.75, 3.05) is 0 Å². The number of carboxylic acid groups (broad SMARTS) is 1. The summed E-state index contributed by atoms with van der Waals surface area (Å²) in [6, 6.07) is 12.0. The summed E-state index contributed by atoms with van der Waals surface area (Å²) >= 11 is 1.39. The summed E-state index contributed by atoms with van der Waals surface area (Å²) in [5, 5.41) is 9.06. The van der Waals surface area contributed by atoms with Crippen molar-refractivity contribution in [2.45, 2.75) is 50.1 Å². The third kappa shape index (κ3) is 5.94. The summed E-state index contributed by atoms with van der Waals surface area (Å²) in [5.41, 5.74) is -0.340. The van der Waals surface area contributed by atoms with Crippen molar-refractivity contribution in [1.82, 2.24) is 0 Å². The topological polar surface area (TPSA) is 63.6 Å². The Bertz CT molecular complexity index is 1010. The van der Waals surface area contributed by atoms with Crippen LogP contribution in [-0.4, -0.2) is 22.5 Å². The minimum atomic E-state index is -4.36. The van der Waals surface area contributed by atoms with Crippen LogP contribution in [0.5, 0.6) is 5.75 Å². The summed E-state index contributed by atoms with van der Waals surface area (Å²) in [4.78, 5) is 24.4. The number of ether oxygens (including phenoxy) is 1. The number of benzene rings is 2. The van der Waals surface area contributed by atoms with Crippen LogP contribution in [0.1, 0.15) is 48.6 Å². The molecule has 0 aliphatic carbocycles. The predicted octanol–water partition coefficient (Wildman–Crippen LogP) is 6.21. The fourth-order valence-electron chi connectivity index (χ4n) is 3.18. The summed E-state index contributed by atoms with van der Waals surface area (Å²) in [5.74, 6) is -0.637. The van der Waals surface area contributed by atoms with Gasteiger partial charge in [0.2, 0.25) is 0 Å². The molecule has 3 rings (SSSR count). The first kappa shape index (κ1) is 23.9. The normalized spacial score (nSPS) is 16.5. The van der Waals surface area contributed by atoms with Crippen molar-refractivity contribution in [3.8, 4) is 5.75 Å². The van der Waals surface area contributed by atoms with Gasteiger partial charge in [0.1, 0.15) is 5.75 Å². The van der Waals surface area contributed by atoms with Gasteiger partial charge < -0.3 is 9.84 Å². The molecule has 0 aromatic heterocycles. The van der Waals surface area contributed by atoms with Crippen molar-refractivity contribution in [2.24, 2.45) is 0 Å². The second-order valence-corrected chi connectivity index (χ2v) is 9.26. The Morgan fingerprint density at radius 2 is 1.69 bits per heavy atom. The van der Waals surface area contributed by atoms with Gasteiger partial charge in [-0.2, -0.15) is 13.2 Å². The second kappa shape index (κ2) is 9.40. The molecule has 0 saturated heterocycles. The average molecular weight is 465 g/mol. The highest BCUT2D eigenvalue weighted by molar-refractivity contribution is 8.04. The van der Waals surface area contributed by atoms with E-state index >= 15 is 0 Å². The predicted molar refractivity (Wildman–Crippen MR) is 117 cm³/mol. The van der Waals surface area contributed by atoms with Crippen molar-refractivity contribution in [3.63, 3.8) is 0 Å². The van der Waals surface area contributed by atoms with E-state index in [1.54, 1.807) is 24.3 Å². The summed E-state index contributed by atoms with van der Waals surface area (Å²) in [7, 11) is 0. The molecule has 1 aliphatic heterocycles. The molecule has 4 nitrogen and oxygen atoms in total. The number of aryl methyl sites for hydroxylation is 1. The number of thioether (sulfide) groups is 1. The zero-order chi connectivity index (χ0) is 23.5. The third-order valence-electron chi connectivity index (χ3n) is 5.12. The van der Waals surface area contributed by atoms with Crippen molar-refractivity contribution in [3.05, 3.63) is 76.2 Å². The van der Waals surface area contributed by atoms with E-state index in [0.29, 0.717) is 29.9 Å². The van der Waals surface area contributed by atoms with Crippen molar-refractivity contribution < 1.29 is 32.6 Å². The highest BCUT2D eigenvalue weighted by atomic mass is 32.2. The second-order valence-electron chi connectivity index (χ2n) is 8.01. The number of Topliss-reactive ketones (excluding diaryl/α,β-unsaturated/α-hetero) is 1. The number of aliphatic carboxylic acids is 1. The highest BCUT2D eigenvalue weighted by Crippen LogP contribution is 2.45. The minimum absolute atomic E-state index is 0.00301. The van der Waals surface area contributed by atoms with Crippen LogP contribution >= 0.6 is 11.8 Å². The van der Waals surface area contributed by atoms with Gasteiger partial charge in [-0.3, -0.25) is 4.79 Å². The van der Waals surface area contributed by atoms with E-state index in [9.17, 15) is 22.8 Å². The molecule has 2 aromatic carbocycles. The molecule has 0 spiro atoms. The van der Waals surface area contributed by atoms with Gasteiger partial charge in [0.25, 0.3) is 0 Å². The highest BCUT2D eigenvalue weighted by Gasteiger charge is 2.31. The molecule has 1 N–H and O–H groups in total. The van der Waals surface area contributed by atoms with Gasteiger partial charge in [0.05, 0.1) is 5.56 Å². The van der Waals surface area contributed by atoms with Gasteiger partial charge >= 0.3 is 12.1 Å². The van der Waals surface area contributed by atoms with Gasteiger partial charge in [-0.25, -0.2) is 4.79 Å². The number of carbonyl (C=O) groups excluding carboxylic acids is 1. The van der Waals surface area contributed by atoms with Gasteiger partial charge in [0, 0.05) is 16.6 Å². The standard InChI is InChI=1S/C24H23F3O4S/c1-23(2,22(29)30)31-18-10-3-15(4-11-18)5-12-19(28)21-14-13-20(32-21)16-6-8-17(9-7-16)24(25,26)27/h3-4,6-11,14,20H,5,12-13H2,1-2H3,(H,29,30). The summed E-state index contributed by atoms with van der Waals surface area (Å²) < 4.78 is 43.6. The first-order chi connectivity index (χ1) is 15.0. The van der Waals surface area contributed by atoms with Crippen LogP contribution in [-0.2, 0) is 22.2 Å². The number of hydrogen-bond acceptors (Lipinski definition) is 4. The first-order valence-electron chi connectivity index (χ1n) is 10.0. The monoisotopic (exact) mass is 464 g/mol. The number of carboxylic acids is 1. The fraction of sp³-hybridized carbons (Fsp3) is 0.333. The molecule has 8 heteroatoms. The number of hydrogen-bond donors (Lipinski definition) is 1. The maximum Gasteiger partial charge on any atom is 0.416 e. The number of alkyl halides is 3. The van der Waals surface area contributed by atoms with E-state index < -0.39 is 23.3 Å². The molecule has 1 unspecified atom stereocenters. The smallest absolute Gasteiger partial charge is 0.416 e. The number of ketones is 1. The first-order valence-corrected chi connectivity index (χ1v) is 10.9. The van der Waals surface area contributed by atoms with Crippen LogP contribution < -0.4 is 4.74 Å². The minimum Gasteiger partial charge on any atom is -0.478 e. The van der Waals surface area contributed by atoms with E-state index in [1.807, 2.05) is 6.08 Å². The molecule has 170 valence electrons. The third-order valence-corrected chi connectivity index (χ3v) is 6.52. The lowest BCUT2D eigenvalue weighted by Crippen LogP contribution is -2.37. The van der Waals surface area contributed by atoms with Crippen LogP contribution in [0.4, 0.5) is 13.2 Å². The molecule has 32 heavy (non-hydrogen) atoms. The van der Waals surface area contributed by atoms with Crippen LogP contribution in [0.15, 0.2) is 59.5 Å². The van der Waals surface area contributed by atoms with E-state index in [4.69, 9.17) is 9.84 Å². The zero-order valence-corrected chi connectivity index (χ0v) is 18.4. The Morgan fingerprint density at radius 3 is 2.25 bits per heavy atom. The molecule has 1 atom stereocenters. The Hall–Kier alpha value is -2.74. The molecule has 0 radical (unpaired) electrons. The lowest BCUT2D eigenvalue weighted by molar-refractivity contribution is -0.152. The van der Waals surface area contributed by atoms with E-state index in [-0.39, 0.29) is 11.0 Å². The maximum absolute atomic E-state index is 12.7. The summed E-state index contributed by atoms with van der Waals surface area (Å²) in [6.45, 7) is 2.93.